The van der Waals surface area contributed by atoms with Gasteiger partial charge in [0.15, 0.2) is 5.16 Å². The lowest BCUT2D eigenvalue weighted by Crippen LogP contribution is -2.34. The van der Waals surface area contributed by atoms with E-state index in [-0.39, 0.29) is 23.3 Å². The van der Waals surface area contributed by atoms with Gasteiger partial charge in [-0.2, -0.15) is 0 Å². The average Bonchev–Trinajstić information content (AvgIpc) is 3.19. The van der Waals surface area contributed by atoms with Crippen LogP contribution in [0.5, 0.6) is 0 Å². The molecule has 7 heteroatoms. The van der Waals surface area contributed by atoms with Gasteiger partial charge < -0.3 is 5.32 Å². The number of hydrogen-bond acceptors (Lipinski definition) is 5. The van der Waals surface area contributed by atoms with Crippen LogP contribution in [0.25, 0.3) is 10.2 Å². The van der Waals surface area contributed by atoms with Crippen LogP contribution in [0.2, 0.25) is 0 Å². The smallest absolute Gasteiger partial charge is 0.272 e. The molecular weight excluding hydrogens is 414 g/mol. The summed E-state index contributed by atoms with van der Waals surface area (Å²) in [6.45, 7) is 6.92. The number of aromatic nitrogens is 2. The van der Waals surface area contributed by atoms with Gasteiger partial charge in [0.25, 0.3) is 5.56 Å². The molecule has 2 aromatic heterocycles. The molecule has 3 rings (SSSR count). The standard InChI is InChI=1S/C23H29N3O2S2/c1-16(2)11-13-26-22(28)21-19(12-14-29-21)25-23(26)30-15-20(27)24-17(3)9-10-18-7-5-4-6-8-18/h4-8,12,14,16-17H,9-11,13,15H2,1-3H3,(H,24,27). The fourth-order valence-corrected chi connectivity index (χ4v) is 4.78. The number of benzene rings is 1. The summed E-state index contributed by atoms with van der Waals surface area (Å²) in [5.41, 5.74) is 1.98. The summed E-state index contributed by atoms with van der Waals surface area (Å²) in [7, 11) is 0. The molecule has 1 amide bonds. The number of thiophene rings is 1. The summed E-state index contributed by atoms with van der Waals surface area (Å²) in [6.07, 6.45) is 2.72. The Morgan fingerprint density at radius 1 is 1.17 bits per heavy atom. The summed E-state index contributed by atoms with van der Waals surface area (Å²) in [6, 6.07) is 12.2. The maximum absolute atomic E-state index is 12.9. The van der Waals surface area contributed by atoms with Gasteiger partial charge >= 0.3 is 0 Å². The van der Waals surface area contributed by atoms with Crippen molar-refractivity contribution in [2.45, 2.75) is 57.8 Å². The van der Waals surface area contributed by atoms with Gasteiger partial charge in [0.2, 0.25) is 5.91 Å². The minimum Gasteiger partial charge on any atom is -0.353 e. The predicted octanol–water partition coefficient (Wildman–Crippen LogP) is 4.73. The second-order valence-corrected chi connectivity index (χ2v) is 9.81. The van der Waals surface area contributed by atoms with E-state index in [4.69, 9.17) is 0 Å². The lowest BCUT2D eigenvalue weighted by atomic mass is 10.1. The minimum atomic E-state index is -0.0318. The first-order chi connectivity index (χ1) is 14.4. The van der Waals surface area contributed by atoms with Crippen molar-refractivity contribution in [3.8, 4) is 0 Å². The molecule has 0 fully saturated rings. The number of carbonyl (C=O) groups is 1. The van der Waals surface area contributed by atoms with Crippen molar-refractivity contribution >= 4 is 39.2 Å². The lowest BCUT2D eigenvalue weighted by molar-refractivity contribution is -0.119. The first-order valence-electron chi connectivity index (χ1n) is 10.4. The molecule has 0 radical (unpaired) electrons. The van der Waals surface area contributed by atoms with Gasteiger partial charge in [-0.25, -0.2) is 4.98 Å². The SMILES string of the molecule is CC(C)CCn1c(SCC(=O)NC(C)CCc2ccccc2)nc2ccsc2c1=O. The van der Waals surface area contributed by atoms with Crippen molar-refractivity contribution in [3.05, 3.63) is 57.7 Å². The number of hydrogen-bond donors (Lipinski definition) is 1. The van der Waals surface area contributed by atoms with E-state index in [9.17, 15) is 9.59 Å². The molecule has 0 saturated heterocycles. The van der Waals surface area contributed by atoms with Gasteiger partial charge in [-0.05, 0) is 49.1 Å². The summed E-state index contributed by atoms with van der Waals surface area (Å²) < 4.78 is 2.41. The second kappa shape index (κ2) is 10.8. The van der Waals surface area contributed by atoms with Crippen molar-refractivity contribution in [1.29, 1.82) is 0 Å². The van der Waals surface area contributed by atoms with Gasteiger partial charge in [0.1, 0.15) is 4.70 Å². The molecule has 1 N–H and O–H groups in total. The molecule has 0 aliphatic heterocycles. The quantitative estimate of drug-likeness (QED) is 0.363. The maximum atomic E-state index is 12.9. The van der Waals surface area contributed by atoms with Crippen molar-refractivity contribution in [2.75, 3.05) is 5.75 Å². The normalized spacial score (nSPS) is 12.4. The van der Waals surface area contributed by atoms with Crippen molar-refractivity contribution < 1.29 is 4.79 Å². The third-order valence-electron chi connectivity index (χ3n) is 4.91. The van der Waals surface area contributed by atoms with Crippen molar-refractivity contribution in [1.82, 2.24) is 14.9 Å². The zero-order valence-corrected chi connectivity index (χ0v) is 19.4. The first kappa shape index (κ1) is 22.6. The maximum Gasteiger partial charge on any atom is 0.272 e. The molecule has 30 heavy (non-hydrogen) atoms. The first-order valence-corrected chi connectivity index (χ1v) is 12.2. The molecule has 160 valence electrons. The number of nitrogens with zero attached hydrogens (tertiary/aromatic N) is 2. The molecule has 2 heterocycles. The van der Waals surface area contributed by atoms with Gasteiger partial charge in [-0.3, -0.25) is 14.2 Å². The van der Waals surface area contributed by atoms with E-state index >= 15 is 0 Å². The Morgan fingerprint density at radius 2 is 1.93 bits per heavy atom. The summed E-state index contributed by atoms with van der Waals surface area (Å²) in [5.74, 6) is 0.706. The van der Waals surface area contributed by atoms with E-state index in [0.717, 1.165) is 19.3 Å². The number of aryl methyl sites for hydroxylation is 1. The number of nitrogens with one attached hydrogen (secondary N) is 1. The Hall–Kier alpha value is -2.12. The highest BCUT2D eigenvalue weighted by molar-refractivity contribution is 7.99. The van der Waals surface area contributed by atoms with Crippen LogP contribution in [0, 0.1) is 5.92 Å². The number of amides is 1. The highest BCUT2D eigenvalue weighted by Gasteiger charge is 2.15. The summed E-state index contributed by atoms with van der Waals surface area (Å²) in [4.78, 5) is 30.0. The molecule has 1 unspecified atom stereocenters. The third-order valence-corrected chi connectivity index (χ3v) is 6.78. The van der Waals surface area contributed by atoms with Crippen LogP contribution >= 0.6 is 23.1 Å². The van der Waals surface area contributed by atoms with Crippen LogP contribution < -0.4 is 10.9 Å². The van der Waals surface area contributed by atoms with Crippen molar-refractivity contribution in [2.24, 2.45) is 5.92 Å². The Balaban J connectivity index is 1.60. The Kier molecular flexibility index (Phi) is 8.10. The van der Waals surface area contributed by atoms with Crippen LogP contribution in [0.1, 0.15) is 39.2 Å². The molecule has 1 atom stereocenters. The molecule has 0 aliphatic carbocycles. The Morgan fingerprint density at radius 3 is 2.67 bits per heavy atom. The third kappa shape index (κ3) is 6.19. The zero-order chi connectivity index (χ0) is 21.5. The van der Waals surface area contributed by atoms with E-state index < -0.39 is 0 Å². The molecular formula is C23H29N3O2S2. The summed E-state index contributed by atoms with van der Waals surface area (Å²) in [5, 5.41) is 5.58. The topological polar surface area (TPSA) is 64.0 Å². The predicted molar refractivity (Wildman–Crippen MR) is 126 cm³/mol. The molecule has 3 aromatic rings. The van der Waals surface area contributed by atoms with Crippen LogP contribution in [0.15, 0.2) is 51.7 Å². The highest BCUT2D eigenvalue weighted by Crippen LogP contribution is 2.21. The van der Waals surface area contributed by atoms with Crippen molar-refractivity contribution in [3.63, 3.8) is 0 Å². The van der Waals surface area contributed by atoms with E-state index in [2.05, 4.69) is 36.3 Å². The molecule has 0 bridgehead atoms. The lowest BCUT2D eigenvalue weighted by Gasteiger charge is -2.15. The van der Waals surface area contributed by atoms with Gasteiger partial charge in [-0.1, -0.05) is 55.9 Å². The molecule has 0 spiro atoms. The summed E-state index contributed by atoms with van der Waals surface area (Å²) >= 11 is 2.76. The van der Waals surface area contributed by atoms with Gasteiger partial charge in [0.05, 0.1) is 11.3 Å². The Bertz CT molecular complexity index is 1030. The van der Waals surface area contributed by atoms with E-state index in [1.54, 1.807) is 4.57 Å². The van der Waals surface area contributed by atoms with Gasteiger partial charge in [0, 0.05) is 12.6 Å². The van der Waals surface area contributed by atoms with Gasteiger partial charge in [-0.15, -0.1) is 11.3 Å². The fourth-order valence-electron chi connectivity index (χ4n) is 3.16. The number of thioether (sulfide) groups is 1. The number of carbonyl (C=O) groups excluding carboxylic acids is 1. The van der Waals surface area contributed by atoms with Crippen LogP contribution in [0.3, 0.4) is 0 Å². The van der Waals surface area contributed by atoms with E-state index in [0.29, 0.717) is 27.8 Å². The highest BCUT2D eigenvalue weighted by atomic mass is 32.2. The van der Waals surface area contributed by atoms with Crippen LogP contribution in [-0.4, -0.2) is 27.3 Å². The fraction of sp³-hybridized carbons (Fsp3) is 0.435. The second-order valence-electron chi connectivity index (χ2n) is 7.95. The molecule has 1 aromatic carbocycles. The molecule has 0 saturated carbocycles. The average molecular weight is 444 g/mol. The minimum absolute atomic E-state index is 0.00483. The van der Waals surface area contributed by atoms with E-state index in [1.165, 1.54) is 28.7 Å². The number of rotatable bonds is 10. The monoisotopic (exact) mass is 443 g/mol. The molecule has 5 nitrogen and oxygen atoms in total. The van der Waals surface area contributed by atoms with Crippen LogP contribution in [-0.2, 0) is 17.8 Å². The van der Waals surface area contributed by atoms with E-state index in [1.807, 2.05) is 36.6 Å². The number of fused-ring (bicyclic) bond motifs is 1. The Labute approximate surface area is 185 Å². The molecule has 0 aliphatic rings. The zero-order valence-electron chi connectivity index (χ0n) is 17.8. The van der Waals surface area contributed by atoms with Crippen LogP contribution in [0.4, 0.5) is 0 Å². The largest absolute Gasteiger partial charge is 0.353 e.